The number of carbonyl (C=O) groups is 2. The SMILES string of the molecule is COC(=O)c1ccccc1OCC(=O)Nc1ccc(N2CCCCC2)cc1. The number of rotatable bonds is 6. The predicted octanol–water partition coefficient (Wildman–Crippen LogP) is 3.48. The van der Waals surface area contributed by atoms with E-state index in [1.54, 1.807) is 24.3 Å². The smallest absolute Gasteiger partial charge is 0.341 e. The fraction of sp³-hybridized carbons (Fsp3) is 0.333. The van der Waals surface area contributed by atoms with Gasteiger partial charge in [-0.05, 0) is 55.7 Å². The Bertz CT molecular complexity index is 783. The first-order valence-electron chi connectivity index (χ1n) is 9.12. The van der Waals surface area contributed by atoms with E-state index in [0.717, 1.165) is 13.1 Å². The quantitative estimate of drug-likeness (QED) is 0.791. The molecule has 6 nitrogen and oxygen atoms in total. The summed E-state index contributed by atoms with van der Waals surface area (Å²) < 4.78 is 10.2. The minimum absolute atomic E-state index is 0.193. The van der Waals surface area contributed by atoms with Crippen LogP contribution in [-0.2, 0) is 9.53 Å². The Morgan fingerprint density at radius 3 is 2.41 bits per heavy atom. The van der Waals surface area contributed by atoms with Crippen LogP contribution in [0.4, 0.5) is 11.4 Å². The minimum atomic E-state index is -0.501. The van der Waals surface area contributed by atoms with Crippen LogP contribution in [0.5, 0.6) is 5.75 Å². The molecule has 2 aromatic carbocycles. The van der Waals surface area contributed by atoms with E-state index in [0.29, 0.717) is 17.0 Å². The van der Waals surface area contributed by atoms with Crippen molar-refractivity contribution in [2.75, 3.05) is 37.0 Å². The fourth-order valence-electron chi connectivity index (χ4n) is 3.12. The minimum Gasteiger partial charge on any atom is -0.483 e. The van der Waals surface area contributed by atoms with Crippen molar-refractivity contribution >= 4 is 23.3 Å². The number of benzene rings is 2. The Morgan fingerprint density at radius 1 is 1.00 bits per heavy atom. The molecule has 3 rings (SSSR count). The molecule has 1 N–H and O–H groups in total. The summed E-state index contributed by atoms with van der Waals surface area (Å²) in [6.07, 6.45) is 3.75. The van der Waals surface area contributed by atoms with Gasteiger partial charge in [0.05, 0.1) is 7.11 Å². The highest BCUT2D eigenvalue weighted by atomic mass is 16.5. The molecule has 0 atom stereocenters. The Morgan fingerprint density at radius 2 is 1.70 bits per heavy atom. The molecule has 2 aromatic rings. The summed E-state index contributed by atoms with van der Waals surface area (Å²) in [6.45, 7) is 1.97. The van der Waals surface area contributed by atoms with Gasteiger partial charge < -0.3 is 19.7 Å². The molecule has 1 heterocycles. The second-order valence-electron chi connectivity index (χ2n) is 6.42. The molecule has 0 radical (unpaired) electrons. The summed E-state index contributed by atoms with van der Waals surface area (Å²) >= 11 is 0. The van der Waals surface area contributed by atoms with Gasteiger partial charge in [0.15, 0.2) is 6.61 Å². The molecule has 27 heavy (non-hydrogen) atoms. The van der Waals surface area contributed by atoms with Crippen molar-refractivity contribution in [2.24, 2.45) is 0 Å². The maximum Gasteiger partial charge on any atom is 0.341 e. The second kappa shape index (κ2) is 9.07. The van der Waals surface area contributed by atoms with Crippen LogP contribution in [0.15, 0.2) is 48.5 Å². The Kier molecular flexibility index (Phi) is 6.30. The summed E-state index contributed by atoms with van der Waals surface area (Å²) in [4.78, 5) is 26.2. The first-order chi connectivity index (χ1) is 13.2. The molecular weight excluding hydrogens is 344 g/mol. The van der Waals surface area contributed by atoms with Gasteiger partial charge in [-0.15, -0.1) is 0 Å². The van der Waals surface area contributed by atoms with Gasteiger partial charge >= 0.3 is 5.97 Å². The van der Waals surface area contributed by atoms with E-state index < -0.39 is 5.97 Å². The van der Waals surface area contributed by atoms with Gasteiger partial charge in [-0.3, -0.25) is 4.79 Å². The molecule has 0 saturated carbocycles. The van der Waals surface area contributed by atoms with E-state index in [1.165, 1.54) is 32.1 Å². The summed E-state index contributed by atoms with van der Waals surface area (Å²) in [6, 6.07) is 14.5. The molecule has 0 unspecified atom stereocenters. The van der Waals surface area contributed by atoms with Gasteiger partial charge in [0.25, 0.3) is 5.91 Å². The number of nitrogens with zero attached hydrogens (tertiary/aromatic N) is 1. The standard InChI is InChI=1S/C21H24N2O4/c1-26-21(25)18-7-3-4-8-19(18)27-15-20(24)22-16-9-11-17(12-10-16)23-13-5-2-6-14-23/h3-4,7-12H,2,5-6,13-15H2,1H3,(H,22,24). The number of amides is 1. The third-order valence-electron chi connectivity index (χ3n) is 4.52. The molecule has 0 spiro atoms. The first kappa shape index (κ1) is 18.8. The Hall–Kier alpha value is -3.02. The Balaban J connectivity index is 1.54. The number of carbonyl (C=O) groups excluding carboxylic acids is 2. The van der Waals surface area contributed by atoms with Gasteiger partial charge in [-0.2, -0.15) is 0 Å². The summed E-state index contributed by atoms with van der Waals surface area (Å²) in [5.41, 5.74) is 2.18. The molecule has 142 valence electrons. The first-order valence-corrected chi connectivity index (χ1v) is 9.12. The number of anilines is 2. The van der Waals surface area contributed by atoms with Crippen LogP contribution < -0.4 is 15.0 Å². The number of esters is 1. The number of para-hydroxylation sites is 1. The molecule has 0 aromatic heterocycles. The predicted molar refractivity (Wildman–Crippen MR) is 104 cm³/mol. The number of hydrogen-bond acceptors (Lipinski definition) is 5. The van der Waals surface area contributed by atoms with Gasteiger partial charge in [0.1, 0.15) is 11.3 Å². The third-order valence-corrected chi connectivity index (χ3v) is 4.52. The normalized spacial score (nSPS) is 13.7. The number of methoxy groups -OCH3 is 1. The number of nitrogens with one attached hydrogen (secondary N) is 1. The zero-order valence-electron chi connectivity index (χ0n) is 15.4. The molecule has 1 aliphatic heterocycles. The van der Waals surface area contributed by atoms with Crippen LogP contribution in [0.25, 0.3) is 0 Å². The lowest BCUT2D eigenvalue weighted by Crippen LogP contribution is -2.29. The Labute approximate surface area is 159 Å². The van der Waals surface area contributed by atoms with Crippen molar-refractivity contribution in [3.63, 3.8) is 0 Å². The number of ether oxygens (including phenoxy) is 2. The van der Waals surface area contributed by atoms with Crippen LogP contribution in [-0.4, -0.2) is 38.7 Å². The van der Waals surface area contributed by atoms with E-state index >= 15 is 0 Å². The third kappa shape index (κ3) is 5.00. The highest BCUT2D eigenvalue weighted by Crippen LogP contribution is 2.22. The van der Waals surface area contributed by atoms with Gasteiger partial charge in [-0.25, -0.2) is 4.79 Å². The van der Waals surface area contributed by atoms with Crippen molar-refractivity contribution in [2.45, 2.75) is 19.3 Å². The highest BCUT2D eigenvalue weighted by molar-refractivity contribution is 5.94. The van der Waals surface area contributed by atoms with E-state index in [9.17, 15) is 9.59 Å². The van der Waals surface area contributed by atoms with Gasteiger partial charge in [-0.1, -0.05) is 12.1 Å². The second-order valence-corrected chi connectivity index (χ2v) is 6.42. The molecule has 1 saturated heterocycles. The number of hydrogen-bond donors (Lipinski definition) is 1. The maximum atomic E-state index is 12.2. The summed E-state index contributed by atoms with van der Waals surface area (Å²) in [5, 5.41) is 2.81. The fourth-order valence-corrected chi connectivity index (χ4v) is 3.12. The molecule has 0 aliphatic carbocycles. The molecule has 6 heteroatoms. The van der Waals surface area contributed by atoms with Crippen LogP contribution in [0.1, 0.15) is 29.6 Å². The summed E-state index contributed by atoms with van der Waals surface area (Å²) in [7, 11) is 1.30. The van der Waals surface area contributed by atoms with Gasteiger partial charge in [0, 0.05) is 24.5 Å². The van der Waals surface area contributed by atoms with Crippen molar-refractivity contribution < 1.29 is 19.1 Å². The van der Waals surface area contributed by atoms with Crippen molar-refractivity contribution in [3.8, 4) is 5.75 Å². The average Bonchev–Trinajstić information content (AvgIpc) is 2.73. The largest absolute Gasteiger partial charge is 0.483 e. The number of piperidine rings is 1. The van der Waals surface area contributed by atoms with E-state index in [-0.39, 0.29) is 12.5 Å². The lowest BCUT2D eigenvalue weighted by Gasteiger charge is -2.28. The van der Waals surface area contributed by atoms with E-state index in [2.05, 4.69) is 10.2 Å². The van der Waals surface area contributed by atoms with E-state index in [1.807, 2.05) is 24.3 Å². The zero-order chi connectivity index (χ0) is 19.1. The average molecular weight is 368 g/mol. The van der Waals surface area contributed by atoms with Gasteiger partial charge in [0.2, 0.25) is 0 Å². The lowest BCUT2D eigenvalue weighted by molar-refractivity contribution is -0.118. The van der Waals surface area contributed by atoms with E-state index in [4.69, 9.17) is 9.47 Å². The molecule has 1 amide bonds. The zero-order valence-corrected chi connectivity index (χ0v) is 15.4. The highest BCUT2D eigenvalue weighted by Gasteiger charge is 2.14. The molecule has 1 aliphatic rings. The topological polar surface area (TPSA) is 67.9 Å². The van der Waals surface area contributed by atoms with Crippen LogP contribution in [0, 0.1) is 0 Å². The van der Waals surface area contributed by atoms with Crippen molar-refractivity contribution in [3.05, 3.63) is 54.1 Å². The van der Waals surface area contributed by atoms with Crippen molar-refractivity contribution in [1.82, 2.24) is 0 Å². The van der Waals surface area contributed by atoms with Crippen LogP contribution in [0.2, 0.25) is 0 Å². The molecule has 1 fully saturated rings. The van der Waals surface area contributed by atoms with Crippen LogP contribution >= 0.6 is 0 Å². The lowest BCUT2D eigenvalue weighted by atomic mass is 10.1. The monoisotopic (exact) mass is 368 g/mol. The summed E-state index contributed by atoms with van der Waals surface area (Å²) in [5.74, 6) is -0.473. The van der Waals surface area contributed by atoms with Crippen LogP contribution in [0.3, 0.4) is 0 Å². The molecule has 0 bridgehead atoms. The molecular formula is C21H24N2O4. The maximum absolute atomic E-state index is 12.2. The van der Waals surface area contributed by atoms with Crippen molar-refractivity contribution in [1.29, 1.82) is 0 Å².